The first-order valence-corrected chi connectivity index (χ1v) is 26.1. The molecular weight excluding hydrogens is 817 g/mol. The van der Waals surface area contributed by atoms with Crippen LogP contribution in [-0.4, -0.2) is 0 Å². The normalized spacial score (nSPS) is 12.6. The molecule has 0 aliphatic rings. The zero-order chi connectivity index (χ0) is 48.6. The third-order valence-corrected chi connectivity index (χ3v) is 15.4. The second-order valence-corrected chi connectivity index (χ2v) is 22.8. The van der Waals surface area contributed by atoms with E-state index in [4.69, 9.17) is 0 Å². The van der Waals surface area contributed by atoms with Crippen molar-refractivity contribution in [3.8, 4) is 44.5 Å². The van der Waals surface area contributed by atoms with E-state index in [-0.39, 0.29) is 0 Å². The molecular formula is C68H76. The van der Waals surface area contributed by atoms with Crippen LogP contribution in [0.3, 0.4) is 0 Å². The monoisotopic (exact) mass is 893 g/mol. The minimum Gasteiger partial charge on any atom is -0.0587 e. The van der Waals surface area contributed by atoms with Gasteiger partial charge in [-0.3, -0.25) is 0 Å². The molecule has 0 aliphatic carbocycles. The van der Waals surface area contributed by atoms with E-state index >= 15 is 0 Å². The molecule has 0 radical (unpaired) electrons. The molecule has 0 saturated carbocycles. The lowest BCUT2D eigenvalue weighted by molar-refractivity contribution is 0.807. The first-order valence-electron chi connectivity index (χ1n) is 26.1. The minimum absolute atomic E-state index is 0.371. The summed E-state index contributed by atoms with van der Waals surface area (Å²) in [7, 11) is 0. The van der Waals surface area contributed by atoms with Crippen LogP contribution in [0.2, 0.25) is 0 Å². The second-order valence-electron chi connectivity index (χ2n) is 22.8. The lowest BCUT2D eigenvalue weighted by atomic mass is 9.78. The largest absolute Gasteiger partial charge is 0.0587 e. The SMILES string of the molecule is CC(C)c1ccc(-c2ccc3c4cc(-c5c(C(C)C)cc(C(C)C)cc5C(C)C)cc5c(-c6ccc(C(C)C)cc6)ccc(c6cc(-c7c(C(C)C)cc(C(C)C)cc7C(C)C)cc2c36)c54)cc1. The van der Waals surface area contributed by atoms with E-state index in [0.29, 0.717) is 47.3 Å². The number of rotatable bonds is 12. The van der Waals surface area contributed by atoms with Crippen molar-refractivity contribution in [3.63, 3.8) is 0 Å². The van der Waals surface area contributed by atoms with Crippen molar-refractivity contribution >= 4 is 43.1 Å². The molecule has 0 bridgehead atoms. The van der Waals surface area contributed by atoms with E-state index in [0.717, 1.165) is 0 Å². The fourth-order valence-electron chi connectivity index (χ4n) is 11.3. The summed E-state index contributed by atoms with van der Waals surface area (Å²) in [6.45, 7) is 37.6. The van der Waals surface area contributed by atoms with Gasteiger partial charge >= 0.3 is 0 Å². The molecule has 0 heterocycles. The Kier molecular flexibility index (Phi) is 12.7. The van der Waals surface area contributed by atoms with Crippen molar-refractivity contribution in [1.29, 1.82) is 0 Å². The molecule has 0 N–H and O–H groups in total. The van der Waals surface area contributed by atoms with Gasteiger partial charge in [0, 0.05) is 0 Å². The highest BCUT2D eigenvalue weighted by Crippen LogP contribution is 2.51. The summed E-state index contributed by atoms with van der Waals surface area (Å²) in [4.78, 5) is 0. The molecule has 0 unspecified atom stereocenters. The zero-order valence-corrected chi connectivity index (χ0v) is 44.2. The van der Waals surface area contributed by atoms with Crippen LogP contribution in [0.4, 0.5) is 0 Å². The van der Waals surface area contributed by atoms with Crippen LogP contribution in [0.15, 0.2) is 121 Å². The highest BCUT2D eigenvalue weighted by atomic mass is 14.3. The summed E-state index contributed by atoms with van der Waals surface area (Å²) < 4.78 is 0. The Balaban J connectivity index is 1.49. The molecule has 9 rings (SSSR count). The fourth-order valence-corrected chi connectivity index (χ4v) is 11.3. The molecule has 0 atom stereocenters. The van der Waals surface area contributed by atoms with Gasteiger partial charge in [0.1, 0.15) is 0 Å². The van der Waals surface area contributed by atoms with E-state index in [1.165, 1.54) is 132 Å². The Bertz CT molecular complexity index is 3020. The molecule has 0 nitrogen and oxygen atoms in total. The summed E-state index contributed by atoms with van der Waals surface area (Å²) >= 11 is 0. The summed E-state index contributed by atoms with van der Waals surface area (Å²) in [5.74, 6) is 3.34. The van der Waals surface area contributed by atoms with E-state index < -0.39 is 0 Å². The van der Waals surface area contributed by atoms with E-state index in [9.17, 15) is 0 Å². The van der Waals surface area contributed by atoms with Crippen molar-refractivity contribution in [2.24, 2.45) is 0 Å². The van der Waals surface area contributed by atoms with Gasteiger partial charge < -0.3 is 0 Å². The van der Waals surface area contributed by atoms with Gasteiger partial charge in [0.05, 0.1) is 0 Å². The van der Waals surface area contributed by atoms with Gasteiger partial charge in [-0.15, -0.1) is 0 Å². The number of hydrogen-bond acceptors (Lipinski definition) is 0. The van der Waals surface area contributed by atoms with Crippen LogP contribution < -0.4 is 0 Å². The number of hydrogen-bond donors (Lipinski definition) is 0. The van der Waals surface area contributed by atoms with Crippen LogP contribution in [-0.2, 0) is 0 Å². The maximum Gasteiger partial charge on any atom is -0.00197 e. The van der Waals surface area contributed by atoms with Crippen molar-refractivity contribution in [2.75, 3.05) is 0 Å². The van der Waals surface area contributed by atoms with Crippen molar-refractivity contribution in [2.45, 2.75) is 158 Å². The Morgan fingerprint density at radius 1 is 0.221 bits per heavy atom. The first kappa shape index (κ1) is 47.4. The van der Waals surface area contributed by atoms with Crippen molar-refractivity contribution in [1.82, 2.24) is 0 Å². The molecule has 0 aliphatic heterocycles. The third-order valence-electron chi connectivity index (χ3n) is 15.4. The van der Waals surface area contributed by atoms with Gasteiger partial charge in [-0.05, 0) is 204 Å². The first-order chi connectivity index (χ1) is 32.3. The summed E-state index contributed by atoms with van der Waals surface area (Å²) in [6.07, 6.45) is 0. The van der Waals surface area contributed by atoms with Crippen LogP contribution in [0, 0.1) is 0 Å². The zero-order valence-electron chi connectivity index (χ0n) is 44.2. The predicted octanol–water partition coefficient (Wildman–Crippen LogP) is 21.4. The molecule has 9 aromatic rings. The molecule has 0 fully saturated rings. The Morgan fingerprint density at radius 2 is 0.500 bits per heavy atom. The van der Waals surface area contributed by atoms with Crippen molar-refractivity contribution < 1.29 is 0 Å². The van der Waals surface area contributed by atoms with Gasteiger partial charge in [-0.25, -0.2) is 0 Å². The van der Waals surface area contributed by atoms with Crippen LogP contribution in [0.25, 0.3) is 87.6 Å². The Hall–Kier alpha value is -5.72. The Morgan fingerprint density at radius 3 is 0.765 bits per heavy atom. The fraction of sp³-hybridized carbons (Fsp3) is 0.353. The Labute approximate surface area is 409 Å². The summed E-state index contributed by atoms with van der Waals surface area (Å²) in [6, 6.07) is 49.1. The molecule has 68 heavy (non-hydrogen) atoms. The highest BCUT2D eigenvalue weighted by molar-refractivity contribution is 6.36. The molecule has 9 aromatic carbocycles. The minimum atomic E-state index is 0.371. The summed E-state index contributed by atoms with van der Waals surface area (Å²) in [5, 5.41) is 10.7. The second kappa shape index (κ2) is 18.3. The highest BCUT2D eigenvalue weighted by Gasteiger charge is 2.26. The van der Waals surface area contributed by atoms with Crippen LogP contribution >= 0.6 is 0 Å². The average molecular weight is 893 g/mol. The lowest BCUT2D eigenvalue weighted by Crippen LogP contribution is -2.04. The molecule has 0 amide bonds. The maximum atomic E-state index is 2.58. The van der Waals surface area contributed by atoms with Gasteiger partial charge in [-0.2, -0.15) is 0 Å². The van der Waals surface area contributed by atoms with E-state index in [1.807, 2.05) is 0 Å². The van der Waals surface area contributed by atoms with Gasteiger partial charge in [0.15, 0.2) is 0 Å². The molecule has 0 spiro atoms. The quantitative estimate of drug-likeness (QED) is 0.0847. The van der Waals surface area contributed by atoms with Gasteiger partial charge in [0.25, 0.3) is 0 Å². The number of benzene rings is 9. The average Bonchev–Trinajstić information content (AvgIpc) is 3.31. The number of fused-ring (bicyclic) bond motifs is 2. The van der Waals surface area contributed by atoms with Crippen LogP contribution in [0.1, 0.15) is 203 Å². The molecule has 348 valence electrons. The van der Waals surface area contributed by atoms with Gasteiger partial charge in [0.2, 0.25) is 0 Å². The topological polar surface area (TPSA) is 0 Å². The third kappa shape index (κ3) is 8.25. The van der Waals surface area contributed by atoms with Crippen molar-refractivity contribution in [3.05, 3.63) is 166 Å². The predicted molar refractivity (Wildman–Crippen MR) is 302 cm³/mol. The van der Waals surface area contributed by atoms with E-state index in [2.05, 4.69) is 232 Å². The molecule has 0 heteroatoms. The smallest absolute Gasteiger partial charge is 0.00197 e. The van der Waals surface area contributed by atoms with Gasteiger partial charge in [-0.1, -0.05) is 208 Å². The van der Waals surface area contributed by atoms with Crippen LogP contribution in [0.5, 0.6) is 0 Å². The molecule has 0 aromatic heterocycles. The maximum absolute atomic E-state index is 2.58. The lowest BCUT2D eigenvalue weighted by Gasteiger charge is -2.26. The molecule has 0 saturated heterocycles. The standard InChI is InChI=1S/C68H76/c1-37(2)45-17-21-47(22-18-45)53-25-27-55-64-36-52(66-59(43(13)14)31-50(40(7)8)32-60(66)44(15)16)34-62-54(48-23-19-46(20-24-48)38(3)4)26-28-56(68(62)64)63-35-51(33-61(53)67(55)63)65-57(41(9)10)29-49(39(5)6)30-58(65)42(11)12/h17-44H,1-16H3. The van der Waals surface area contributed by atoms with E-state index in [1.54, 1.807) is 0 Å². The summed E-state index contributed by atoms with van der Waals surface area (Å²) in [5.41, 5.74) is 22.0.